The minimum absolute atomic E-state index is 0.127. The lowest BCUT2D eigenvalue weighted by Crippen LogP contribution is -2.26. The summed E-state index contributed by atoms with van der Waals surface area (Å²) in [5.74, 6) is 1.26. The summed E-state index contributed by atoms with van der Waals surface area (Å²) in [6, 6.07) is 0. The molecule has 1 rings (SSSR count). The molecule has 0 saturated heterocycles. The number of hydrogen-bond acceptors (Lipinski definition) is 2. The average molecular weight is 238 g/mol. The SMILES string of the molecule is CC(C)(C)C(=O)OC1=CC(C(C)(C)C)CCC1. The molecule has 1 aliphatic carbocycles. The first-order chi connectivity index (χ1) is 7.60. The summed E-state index contributed by atoms with van der Waals surface area (Å²) in [6.07, 6.45) is 5.37. The molecule has 2 nitrogen and oxygen atoms in total. The molecule has 0 aromatic rings. The molecule has 0 aromatic carbocycles. The molecule has 0 N–H and O–H groups in total. The second kappa shape index (κ2) is 4.83. The largest absolute Gasteiger partial charge is 0.431 e. The molecule has 0 aliphatic heterocycles. The van der Waals surface area contributed by atoms with E-state index in [2.05, 4.69) is 26.8 Å². The van der Waals surface area contributed by atoms with E-state index in [9.17, 15) is 4.79 Å². The van der Waals surface area contributed by atoms with Gasteiger partial charge in [-0.3, -0.25) is 4.79 Å². The van der Waals surface area contributed by atoms with Crippen LogP contribution < -0.4 is 0 Å². The minimum Gasteiger partial charge on any atom is -0.431 e. The number of allylic oxidation sites excluding steroid dienone is 2. The highest BCUT2D eigenvalue weighted by atomic mass is 16.5. The smallest absolute Gasteiger partial charge is 0.316 e. The Kier molecular flexibility index (Phi) is 4.06. The van der Waals surface area contributed by atoms with Gasteiger partial charge >= 0.3 is 5.97 Å². The first-order valence-electron chi connectivity index (χ1n) is 6.53. The Labute approximate surface area is 105 Å². The zero-order chi connectivity index (χ0) is 13.3. The second-order valence-electron chi connectivity index (χ2n) is 7.14. The molecule has 0 bridgehead atoms. The Balaban J connectivity index is 2.72. The van der Waals surface area contributed by atoms with Gasteiger partial charge in [0.05, 0.1) is 5.41 Å². The second-order valence-corrected chi connectivity index (χ2v) is 7.14. The maximum Gasteiger partial charge on any atom is 0.316 e. The van der Waals surface area contributed by atoms with Crippen LogP contribution in [-0.4, -0.2) is 5.97 Å². The summed E-state index contributed by atoms with van der Waals surface area (Å²) in [6.45, 7) is 12.4. The van der Waals surface area contributed by atoms with Crippen LogP contribution in [0.4, 0.5) is 0 Å². The van der Waals surface area contributed by atoms with Crippen molar-refractivity contribution in [3.8, 4) is 0 Å². The van der Waals surface area contributed by atoms with Crippen LogP contribution >= 0.6 is 0 Å². The van der Waals surface area contributed by atoms with Crippen LogP contribution in [-0.2, 0) is 9.53 Å². The third-order valence-electron chi connectivity index (χ3n) is 3.27. The topological polar surface area (TPSA) is 26.3 Å². The van der Waals surface area contributed by atoms with Crippen molar-refractivity contribution in [1.82, 2.24) is 0 Å². The first kappa shape index (κ1) is 14.3. The van der Waals surface area contributed by atoms with E-state index in [1.54, 1.807) is 0 Å². The summed E-state index contributed by atoms with van der Waals surface area (Å²) in [4.78, 5) is 11.8. The molecule has 0 saturated carbocycles. The quantitative estimate of drug-likeness (QED) is 0.636. The van der Waals surface area contributed by atoms with Crippen molar-refractivity contribution in [2.24, 2.45) is 16.7 Å². The Morgan fingerprint density at radius 1 is 1.24 bits per heavy atom. The Morgan fingerprint density at radius 2 is 1.82 bits per heavy atom. The monoisotopic (exact) mass is 238 g/mol. The highest BCUT2D eigenvalue weighted by Gasteiger charge is 2.29. The van der Waals surface area contributed by atoms with Crippen LogP contribution in [0.1, 0.15) is 60.8 Å². The van der Waals surface area contributed by atoms with Crippen LogP contribution in [0.3, 0.4) is 0 Å². The van der Waals surface area contributed by atoms with Crippen molar-refractivity contribution in [1.29, 1.82) is 0 Å². The van der Waals surface area contributed by atoms with Gasteiger partial charge < -0.3 is 4.74 Å². The summed E-state index contributed by atoms with van der Waals surface area (Å²) < 4.78 is 5.50. The average Bonchev–Trinajstić information content (AvgIpc) is 2.15. The van der Waals surface area contributed by atoms with Gasteiger partial charge in [-0.1, -0.05) is 20.8 Å². The van der Waals surface area contributed by atoms with E-state index >= 15 is 0 Å². The van der Waals surface area contributed by atoms with Gasteiger partial charge in [-0.05, 0) is 51.0 Å². The lowest BCUT2D eigenvalue weighted by Gasteiger charge is -2.32. The highest BCUT2D eigenvalue weighted by Crippen LogP contribution is 2.36. The molecular formula is C15H26O2. The lowest BCUT2D eigenvalue weighted by molar-refractivity contribution is -0.149. The van der Waals surface area contributed by atoms with Gasteiger partial charge in [0.2, 0.25) is 0 Å². The van der Waals surface area contributed by atoms with Crippen LogP contribution in [0, 0.1) is 16.7 Å². The molecule has 0 spiro atoms. The summed E-state index contributed by atoms with van der Waals surface area (Å²) in [7, 11) is 0. The fourth-order valence-electron chi connectivity index (χ4n) is 1.93. The number of rotatable bonds is 1. The first-order valence-corrected chi connectivity index (χ1v) is 6.53. The predicted molar refractivity (Wildman–Crippen MR) is 70.4 cm³/mol. The molecule has 0 aromatic heterocycles. The molecule has 0 fully saturated rings. The fourth-order valence-corrected chi connectivity index (χ4v) is 1.93. The molecular weight excluding hydrogens is 212 g/mol. The fraction of sp³-hybridized carbons (Fsp3) is 0.800. The van der Waals surface area contributed by atoms with Crippen LogP contribution in [0.25, 0.3) is 0 Å². The van der Waals surface area contributed by atoms with Crippen molar-refractivity contribution in [3.05, 3.63) is 11.8 Å². The van der Waals surface area contributed by atoms with E-state index in [1.165, 1.54) is 6.42 Å². The van der Waals surface area contributed by atoms with E-state index in [-0.39, 0.29) is 11.4 Å². The molecule has 1 atom stereocenters. The van der Waals surface area contributed by atoms with Crippen LogP contribution in [0.15, 0.2) is 11.8 Å². The normalized spacial score (nSPS) is 22.0. The van der Waals surface area contributed by atoms with Gasteiger partial charge in [-0.25, -0.2) is 0 Å². The number of hydrogen-bond donors (Lipinski definition) is 0. The summed E-state index contributed by atoms with van der Waals surface area (Å²) >= 11 is 0. The van der Waals surface area contributed by atoms with Crippen molar-refractivity contribution in [2.45, 2.75) is 60.8 Å². The molecule has 1 aliphatic rings. The van der Waals surface area contributed by atoms with Gasteiger partial charge in [-0.2, -0.15) is 0 Å². The predicted octanol–water partition coefficient (Wildman–Crippen LogP) is 4.31. The van der Waals surface area contributed by atoms with Gasteiger partial charge in [0.15, 0.2) is 0 Å². The molecule has 0 radical (unpaired) electrons. The van der Waals surface area contributed by atoms with Gasteiger partial charge in [0.1, 0.15) is 5.76 Å². The number of carbonyl (C=O) groups is 1. The van der Waals surface area contributed by atoms with Crippen molar-refractivity contribution >= 4 is 5.97 Å². The highest BCUT2D eigenvalue weighted by molar-refractivity contribution is 5.76. The minimum atomic E-state index is -0.421. The molecule has 0 heterocycles. The third kappa shape index (κ3) is 4.18. The van der Waals surface area contributed by atoms with E-state index in [0.717, 1.165) is 18.6 Å². The standard InChI is InChI=1S/C15H26O2/c1-14(2,3)11-8-7-9-12(10-11)17-13(16)15(4,5)6/h10-11H,7-9H2,1-6H3. The van der Waals surface area contributed by atoms with Gasteiger partial charge in [0, 0.05) is 6.42 Å². The molecule has 0 amide bonds. The van der Waals surface area contributed by atoms with Crippen LogP contribution in [0.2, 0.25) is 0 Å². The Hall–Kier alpha value is -0.790. The van der Waals surface area contributed by atoms with E-state index in [1.807, 2.05) is 20.8 Å². The van der Waals surface area contributed by atoms with Gasteiger partial charge in [0.25, 0.3) is 0 Å². The number of esters is 1. The number of carbonyl (C=O) groups excluding carboxylic acids is 1. The van der Waals surface area contributed by atoms with Crippen molar-refractivity contribution in [2.75, 3.05) is 0 Å². The lowest BCUT2D eigenvalue weighted by atomic mass is 9.75. The van der Waals surface area contributed by atoms with E-state index in [0.29, 0.717) is 5.92 Å². The Bertz CT molecular complexity index is 313. The Morgan fingerprint density at radius 3 is 2.29 bits per heavy atom. The zero-order valence-corrected chi connectivity index (χ0v) is 12.1. The zero-order valence-electron chi connectivity index (χ0n) is 12.1. The van der Waals surface area contributed by atoms with Crippen LogP contribution in [0.5, 0.6) is 0 Å². The van der Waals surface area contributed by atoms with E-state index < -0.39 is 5.41 Å². The molecule has 98 valence electrons. The third-order valence-corrected chi connectivity index (χ3v) is 3.27. The van der Waals surface area contributed by atoms with Gasteiger partial charge in [-0.15, -0.1) is 0 Å². The van der Waals surface area contributed by atoms with Crippen molar-refractivity contribution in [3.63, 3.8) is 0 Å². The maximum absolute atomic E-state index is 11.8. The van der Waals surface area contributed by atoms with E-state index in [4.69, 9.17) is 4.74 Å². The summed E-state index contributed by atoms with van der Waals surface area (Å²) in [5, 5.41) is 0. The maximum atomic E-state index is 11.8. The molecule has 1 unspecified atom stereocenters. The summed E-state index contributed by atoms with van der Waals surface area (Å²) in [5.41, 5.74) is -0.171. The molecule has 17 heavy (non-hydrogen) atoms. The van der Waals surface area contributed by atoms with Crippen molar-refractivity contribution < 1.29 is 9.53 Å². The number of ether oxygens (including phenoxy) is 1. The molecule has 2 heteroatoms.